The van der Waals surface area contributed by atoms with Gasteiger partial charge in [-0.2, -0.15) is 5.10 Å². The highest BCUT2D eigenvalue weighted by molar-refractivity contribution is 6.55. The van der Waals surface area contributed by atoms with Crippen molar-refractivity contribution in [3.63, 3.8) is 0 Å². The Morgan fingerprint density at radius 2 is 2.50 bits per heavy atom. The predicted octanol–water partition coefficient (Wildman–Crippen LogP) is 2.26. The van der Waals surface area contributed by atoms with Crippen LogP contribution in [0, 0.1) is 6.92 Å². The zero-order valence-electron chi connectivity index (χ0n) is 7.63. The zero-order chi connectivity index (χ0) is 10.6. The quantitative estimate of drug-likeness (QED) is 0.642. The van der Waals surface area contributed by atoms with Crippen molar-refractivity contribution >= 4 is 29.0 Å². The molecule has 6 heteroatoms. The van der Waals surface area contributed by atoms with Crippen molar-refractivity contribution in [2.24, 2.45) is 7.05 Å². The number of aromatic nitrogens is 2. The van der Waals surface area contributed by atoms with Crippen LogP contribution in [0.4, 0.5) is 5.82 Å². The molecule has 0 atom stereocenters. The van der Waals surface area contributed by atoms with Crippen molar-refractivity contribution in [2.45, 2.75) is 0 Å². The van der Waals surface area contributed by atoms with E-state index in [9.17, 15) is 0 Å². The van der Waals surface area contributed by atoms with Crippen LogP contribution >= 0.6 is 23.2 Å². The Hall–Kier alpha value is -0.710. The van der Waals surface area contributed by atoms with E-state index in [1.54, 1.807) is 17.8 Å². The molecule has 0 aliphatic carbocycles. The number of aryl methyl sites for hydroxylation is 1. The first-order chi connectivity index (χ1) is 6.59. The van der Waals surface area contributed by atoms with Crippen molar-refractivity contribution in [1.29, 1.82) is 0 Å². The lowest BCUT2D eigenvalue weighted by Crippen LogP contribution is -2.02. The van der Waals surface area contributed by atoms with E-state index in [1.165, 1.54) is 6.08 Å². The Bertz CT molecular complexity index is 312. The summed E-state index contributed by atoms with van der Waals surface area (Å²) in [4.78, 5) is 5.00. The van der Waals surface area contributed by atoms with Gasteiger partial charge in [-0.3, -0.25) is 9.52 Å². The number of halogens is 2. The molecule has 0 bridgehead atoms. The van der Waals surface area contributed by atoms with Gasteiger partial charge < -0.3 is 0 Å². The van der Waals surface area contributed by atoms with Crippen LogP contribution in [0.5, 0.6) is 0 Å². The highest BCUT2D eigenvalue weighted by Gasteiger charge is 1.99. The molecule has 1 N–H and O–H groups in total. The summed E-state index contributed by atoms with van der Waals surface area (Å²) in [7, 11) is 1.79. The molecule has 1 rings (SSSR count). The van der Waals surface area contributed by atoms with Crippen LogP contribution in [0.2, 0.25) is 0 Å². The van der Waals surface area contributed by atoms with Gasteiger partial charge in [0.05, 0.1) is 6.61 Å². The highest BCUT2D eigenvalue weighted by Crippen LogP contribution is 2.08. The monoisotopic (exact) mass is 234 g/mol. The van der Waals surface area contributed by atoms with Gasteiger partial charge in [0, 0.05) is 18.8 Å². The molecule has 1 heterocycles. The summed E-state index contributed by atoms with van der Waals surface area (Å²) in [6.45, 7) is 4.02. The Kier molecular flexibility index (Phi) is 4.25. The van der Waals surface area contributed by atoms with Crippen molar-refractivity contribution in [3.05, 3.63) is 29.3 Å². The molecule has 1 aromatic rings. The molecule has 1 radical (unpaired) electrons. The zero-order valence-corrected chi connectivity index (χ0v) is 9.14. The van der Waals surface area contributed by atoms with E-state index < -0.39 is 0 Å². The first kappa shape index (κ1) is 11.4. The summed E-state index contributed by atoms with van der Waals surface area (Å²) in [5, 5.41) is 4.06. The first-order valence-electron chi connectivity index (χ1n) is 3.84. The molecule has 77 valence electrons. The average Bonchev–Trinajstić information content (AvgIpc) is 2.40. The lowest BCUT2D eigenvalue weighted by atomic mass is 10.5. The molecule has 1 aromatic heterocycles. The summed E-state index contributed by atoms with van der Waals surface area (Å²) in [6, 6.07) is 1.76. The smallest absolute Gasteiger partial charge is 0.171 e. The van der Waals surface area contributed by atoms with Gasteiger partial charge >= 0.3 is 0 Å². The van der Waals surface area contributed by atoms with E-state index in [4.69, 9.17) is 28.0 Å². The normalized spacial score (nSPS) is 10.0. The second-order valence-corrected chi connectivity index (χ2v) is 3.56. The Morgan fingerprint density at radius 1 is 1.79 bits per heavy atom. The number of hydrogen-bond acceptors (Lipinski definition) is 3. The molecule has 0 saturated carbocycles. The lowest BCUT2D eigenvalue weighted by molar-refractivity contribution is 0.226. The standard InChI is InChI=1S/C8H10Cl2N3O/c1-6-5-8(11-13(6)2)12-14-4-3-7(9)10/h3,5H,1,4H2,2H3,(H,11,12). The third-order valence-corrected chi connectivity index (χ3v) is 1.78. The van der Waals surface area contributed by atoms with Crippen LogP contribution in [0.25, 0.3) is 0 Å². The van der Waals surface area contributed by atoms with Crippen molar-refractivity contribution < 1.29 is 4.84 Å². The maximum Gasteiger partial charge on any atom is 0.171 e. The molecule has 0 aliphatic rings. The highest BCUT2D eigenvalue weighted by atomic mass is 35.5. The van der Waals surface area contributed by atoms with Crippen molar-refractivity contribution in [1.82, 2.24) is 9.78 Å². The fourth-order valence-electron chi connectivity index (χ4n) is 0.776. The molecule has 0 spiro atoms. The van der Waals surface area contributed by atoms with E-state index in [1.807, 2.05) is 0 Å². The van der Waals surface area contributed by atoms with E-state index in [0.29, 0.717) is 5.82 Å². The molecular formula is C8H10Cl2N3O. The third-order valence-electron chi connectivity index (χ3n) is 1.47. The van der Waals surface area contributed by atoms with Crippen LogP contribution in [0.1, 0.15) is 5.69 Å². The van der Waals surface area contributed by atoms with Gasteiger partial charge in [-0.15, -0.1) is 0 Å². The van der Waals surface area contributed by atoms with Crippen LogP contribution < -0.4 is 5.48 Å². The first-order valence-corrected chi connectivity index (χ1v) is 4.60. The second kappa shape index (κ2) is 5.24. The molecule has 0 unspecified atom stereocenters. The Morgan fingerprint density at radius 3 is 3.00 bits per heavy atom. The number of hydrogen-bond donors (Lipinski definition) is 1. The largest absolute Gasteiger partial charge is 0.270 e. The predicted molar refractivity (Wildman–Crippen MR) is 57.0 cm³/mol. The Labute approximate surface area is 92.4 Å². The summed E-state index contributed by atoms with van der Waals surface area (Å²) in [5.74, 6) is 0.594. The number of nitrogens with one attached hydrogen (secondary N) is 1. The van der Waals surface area contributed by atoms with E-state index >= 15 is 0 Å². The molecule has 0 amide bonds. The second-order valence-electron chi connectivity index (χ2n) is 2.55. The van der Waals surface area contributed by atoms with Gasteiger partial charge in [-0.05, 0) is 13.0 Å². The Balaban J connectivity index is 2.35. The minimum Gasteiger partial charge on any atom is -0.270 e. The van der Waals surface area contributed by atoms with Crippen molar-refractivity contribution in [3.8, 4) is 0 Å². The molecule has 4 nitrogen and oxygen atoms in total. The average molecular weight is 235 g/mol. The molecule has 0 aromatic carbocycles. The van der Waals surface area contributed by atoms with Crippen LogP contribution in [-0.4, -0.2) is 16.4 Å². The van der Waals surface area contributed by atoms with Gasteiger partial charge in [0.15, 0.2) is 5.82 Å². The van der Waals surface area contributed by atoms with Gasteiger partial charge in [0.25, 0.3) is 0 Å². The van der Waals surface area contributed by atoms with E-state index in [0.717, 1.165) is 5.69 Å². The van der Waals surface area contributed by atoms with Crippen LogP contribution in [0.3, 0.4) is 0 Å². The van der Waals surface area contributed by atoms with E-state index in [2.05, 4.69) is 17.5 Å². The molecule has 0 fully saturated rings. The van der Waals surface area contributed by atoms with Gasteiger partial charge in [0.1, 0.15) is 4.49 Å². The third kappa shape index (κ3) is 3.57. The minimum atomic E-state index is 0.172. The summed E-state index contributed by atoms with van der Waals surface area (Å²) >= 11 is 10.8. The minimum absolute atomic E-state index is 0.172. The SMILES string of the molecule is [CH2]c1cc(NOCC=C(Cl)Cl)nn1C. The molecular weight excluding hydrogens is 225 g/mol. The van der Waals surface area contributed by atoms with Crippen LogP contribution in [0.15, 0.2) is 16.6 Å². The summed E-state index contributed by atoms with van der Waals surface area (Å²) in [6.07, 6.45) is 1.52. The number of anilines is 1. The fourth-order valence-corrected chi connectivity index (χ4v) is 0.902. The lowest BCUT2D eigenvalue weighted by Gasteiger charge is -1.99. The maximum absolute atomic E-state index is 5.38. The van der Waals surface area contributed by atoms with Crippen LogP contribution in [-0.2, 0) is 11.9 Å². The van der Waals surface area contributed by atoms with E-state index in [-0.39, 0.29) is 11.1 Å². The number of nitrogens with zero attached hydrogens (tertiary/aromatic N) is 2. The molecule has 0 aliphatic heterocycles. The van der Waals surface area contributed by atoms with Gasteiger partial charge in [0.2, 0.25) is 0 Å². The fraction of sp³-hybridized carbons (Fsp3) is 0.250. The topological polar surface area (TPSA) is 39.1 Å². The summed E-state index contributed by atoms with van der Waals surface area (Å²) in [5.41, 5.74) is 3.42. The number of rotatable bonds is 4. The van der Waals surface area contributed by atoms with Gasteiger partial charge in [-0.1, -0.05) is 23.2 Å². The van der Waals surface area contributed by atoms with Gasteiger partial charge in [-0.25, -0.2) is 5.48 Å². The maximum atomic E-state index is 5.38. The summed E-state index contributed by atoms with van der Waals surface area (Å²) < 4.78 is 1.81. The molecule has 14 heavy (non-hydrogen) atoms. The van der Waals surface area contributed by atoms with Crippen molar-refractivity contribution in [2.75, 3.05) is 12.1 Å². The molecule has 0 saturated heterocycles.